The summed E-state index contributed by atoms with van der Waals surface area (Å²) < 4.78 is 31.5. The summed E-state index contributed by atoms with van der Waals surface area (Å²) in [5.41, 5.74) is 0.645. The van der Waals surface area contributed by atoms with E-state index in [0.717, 1.165) is 31.8 Å². The van der Waals surface area contributed by atoms with Gasteiger partial charge in [-0.1, -0.05) is 18.2 Å². The molecule has 0 aliphatic heterocycles. The normalized spacial score (nSPS) is 11.2. The molecule has 0 amide bonds. The van der Waals surface area contributed by atoms with Crippen LogP contribution in [0.1, 0.15) is 24.2 Å². The number of hydrogen-bond donors (Lipinski definition) is 2. The van der Waals surface area contributed by atoms with Gasteiger partial charge in [0, 0.05) is 44.6 Å². The molecule has 2 N–H and O–H groups in total. The molecule has 0 saturated carbocycles. The van der Waals surface area contributed by atoms with E-state index in [1.165, 1.54) is 6.07 Å². The van der Waals surface area contributed by atoms with Crippen LogP contribution >= 0.6 is 24.0 Å². The second-order valence-electron chi connectivity index (χ2n) is 5.71. The number of para-hydroxylation sites is 1. The van der Waals surface area contributed by atoms with E-state index in [-0.39, 0.29) is 29.7 Å². The maximum Gasteiger partial charge on any atom is 0.387 e. The second kappa shape index (κ2) is 12.5. The first-order chi connectivity index (χ1) is 12.6. The van der Waals surface area contributed by atoms with Crippen molar-refractivity contribution in [1.82, 2.24) is 20.2 Å². The van der Waals surface area contributed by atoms with E-state index in [0.29, 0.717) is 18.1 Å². The standard InChI is InChI=1S/C18H25F2N5O.HI/c1-14-22-10-12-25(14)11-6-5-9-23-18(21-2)24-13-15-7-3-4-8-16(15)26-17(19)20;/h3-4,7-8,10,12,17H,5-6,9,11,13H2,1-2H3,(H2,21,23,24);1H. The minimum Gasteiger partial charge on any atom is -0.434 e. The van der Waals surface area contributed by atoms with E-state index in [9.17, 15) is 8.78 Å². The van der Waals surface area contributed by atoms with E-state index in [2.05, 4.69) is 29.9 Å². The Labute approximate surface area is 175 Å². The number of guanidine groups is 1. The molecule has 0 unspecified atom stereocenters. The van der Waals surface area contributed by atoms with Crippen molar-refractivity contribution in [2.75, 3.05) is 13.6 Å². The molecule has 1 aromatic heterocycles. The van der Waals surface area contributed by atoms with Crippen molar-refractivity contribution < 1.29 is 13.5 Å². The van der Waals surface area contributed by atoms with E-state index in [1.807, 2.05) is 13.1 Å². The maximum atomic E-state index is 12.4. The Balaban J connectivity index is 0.00000364. The van der Waals surface area contributed by atoms with Crippen LogP contribution in [0.25, 0.3) is 0 Å². The smallest absolute Gasteiger partial charge is 0.387 e. The SMILES string of the molecule is CN=C(NCCCCn1ccnc1C)NCc1ccccc1OC(F)F.I. The first-order valence-electron chi connectivity index (χ1n) is 8.55. The predicted molar refractivity (Wildman–Crippen MR) is 113 cm³/mol. The Morgan fingerprint density at radius 3 is 2.70 bits per heavy atom. The van der Waals surface area contributed by atoms with Gasteiger partial charge in [-0.3, -0.25) is 4.99 Å². The van der Waals surface area contributed by atoms with Crippen molar-refractivity contribution >= 4 is 29.9 Å². The van der Waals surface area contributed by atoms with Crippen LogP contribution in [0.2, 0.25) is 0 Å². The molecule has 0 saturated heterocycles. The number of rotatable bonds is 9. The molecule has 2 rings (SSSR count). The molecule has 0 radical (unpaired) electrons. The zero-order valence-electron chi connectivity index (χ0n) is 15.5. The third kappa shape index (κ3) is 8.10. The van der Waals surface area contributed by atoms with Crippen molar-refractivity contribution in [3.63, 3.8) is 0 Å². The van der Waals surface area contributed by atoms with Gasteiger partial charge in [0.2, 0.25) is 0 Å². The molecule has 1 heterocycles. The fraction of sp³-hybridized carbons (Fsp3) is 0.444. The number of halogens is 3. The van der Waals surface area contributed by atoms with Crippen molar-refractivity contribution in [2.24, 2.45) is 4.99 Å². The van der Waals surface area contributed by atoms with E-state index < -0.39 is 6.61 Å². The Hall–Kier alpha value is -1.91. The number of unbranched alkanes of at least 4 members (excludes halogenated alkanes) is 1. The lowest BCUT2D eigenvalue weighted by molar-refractivity contribution is -0.0504. The fourth-order valence-electron chi connectivity index (χ4n) is 2.51. The predicted octanol–water partition coefficient (Wildman–Crippen LogP) is 3.56. The molecular formula is C18H26F2IN5O. The number of imidazole rings is 1. The van der Waals surface area contributed by atoms with E-state index in [4.69, 9.17) is 0 Å². The summed E-state index contributed by atoms with van der Waals surface area (Å²) in [6.45, 7) is 1.18. The highest BCUT2D eigenvalue weighted by Gasteiger charge is 2.09. The van der Waals surface area contributed by atoms with Gasteiger partial charge in [0.05, 0.1) is 0 Å². The van der Waals surface area contributed by atoms with Crippen LogP contribution in [-0.4, -0.2) is 35.7 Å². The summed E-state index contributed by atoms with van der Waals surface area (Å²) in [6.07, 6.45) is 5.77. The van der Waals surface area contributed by atoms with Crippen LogP contribution < -0.4 is 15.4 Å². The summed E-state index contributed by atoms with van der Waals surface area (Å²) in [7, 11) is 1.67. The van der Waals surface area contributed by atoms with Crippen LogP contribution in [0.5, 0.6) is 5.75 Å². The van der Waals surface area contributed by atoms with Gasteiger partial charge in [0.25, 0.3) is 0 Å². The summed E-state index contributed by atoms with van der Waals surface area (Å²) in [6, 6.07) is 6.71. The Kier molecular flexibility index (Phi) is 10.7. The van der Waals surface area contributed by atoms with E-state index >= 15 is 0 Å². The molecule has 150 valence electrons. The lowest BCUT2D eigenvalue weighted by Gasteiger charge is -2.14. The quantitative estimate of drug-likeness (QED) is 0.243. The van der Waals surface area contributed by atoms with Crippen LogP contribution in [0.15, 0.2) is 41.7 Å². The second-order valence-corrected chi connectivity index (χ2v) is 5.71. The van der Waals surface area contributed by atoms with Crippen molar-refractivity contribution in [3.05, 3.63) is 48.0 Å². The van der Waals surface area contributed by atoms with Gasteiger partial charge >= 0.3 is 6.61 Å². The van der Waals surface area contributed by atoms with Crippen LogP contribution in [0, 0.1) is 6.92 Å². The van der Waals surface area contributed by atoms with Gasteiger partial charge in [-0.15, -0.1) is 24.0 Å². The number of nitrogens with one attached hydrogen (secondary N) is 2. The molecule has 6 nitrogen and oxygen atoms in total. The number of aryl methyl sites for hydroxylation is 2. The maximum absolute atomic E-state index is 12.4. The first kappa shape index (κ1) is 23.1. The fourth-order valence-corrected chi connectivity index (χ4v) is 2.51. The number of nitrogens with zero attached hydrogens (tertiary/aromatic N) is 3. The minimum atomic E-state index is -2.84. The van der Waals surface area contributed by atoms with Crippen LogP contribution in [0.4, 0.5) is 8.78 Å². The third-order valence-electron chi connectivity index (χ3n) is 3.90. The van der Waals surface area contributed by atoms with Crippen molar-refractivity contribution in [2.45, 2.75) is 39.5 Å². The number of aromatic nitrogens is 2. The van der Waals surface area contributed by atoms with Gasteiger partial charge < -0.3 is 19.9 Å². The van der Waals surface area contributed by atoms with Gasteiger partial charge in [0.1, 0.15) is 11.6 Å². The van der Waals surface area contributed by atoms with Gasteiger partial charge in [-0.25, -0.2) is 4.98 Å². The highest BCUT2D eigenvalue weighted by molar-refractivity contribution is 14.0. The largest absolute Gasteiger partial charge is 0.434 e. The first-order valence-corrected chi connectivity index (χ1v) is 8.55. The topological polar surface area (TPSA) is 63.5 Å². The molecular weight excluding hydrogens is 467 g/mol. The average Bonchev–Trinajstić information content (AvgIpc) is 3.03. The summed E-state index contributed by atoms with van der Waals surface area (Å²) in [4.78, 5) is 8.34. The molecule has 9 heteroatoms. The molecule has 27 heavy (non-hydrogen) atoms. The molecule has 2 aromatic rings. The number of aliphatic imine (C=N–C) groups is 1. The molecule has 0 aliphatic rings. The lowest BCUT2D eigenvalue weighted by atomic mass is 10.2. The Morgan fingerprint density at radius 1 is 1.26 bits per heavy atom. The zero-order chi connectivity index (χ0) is 18.8. The van der Waals surface area contributed by atoms with Crippen molar-refractivity contribution in [3.8, 4) is 5.75 Å². The molecule has 1 aromatic carbocycles. The number of hydrogen-bond acceptors (Lipinski definition) is 3. The molecule has 0 bridgehead atoms. The van der Waals surface area contributed by atoms with Gasteiger partial charge in [-0.2, -0.15) is 8.78 Å². The molecule has 0 spiro atoms. The lowest BCUT2D eigenvalue weighted by Crippen LogP contribution is -2.37. The highest BCUT2D eigenvalue weighted by atomic mass is 127. The molecule has 0 atom stereocenters. The van der Waals surface area contributed by atoms with Gasteiger partial charge in [-0.05, 0) is 25.8 Å². The van der Waals surface area contributed by atoms with Crippen molar-refractivity contribution in [1.29, 1.82) is 0 Å². The number of alkyl halides is 2. The minimum absolute atomic E-state index is 0. The number of ether oxygens (including phenoxy) is 1. The van der Waals surface area contributed by atoms with E-state index in [1.54, 1.807) is 31.4 Å². The molecule has 0 fully saturated rings. The summed E-state index contributed by atoms with van der Waals surface area (Å²) in [5.74, 6) is 1.80. The molecule has 0 aliphatic carbocycles. The van der Waals surface area contributed by atoms with Crippen LogP contribution in [-0.2, 0) is 13.1 Å². The monoisotopic (exact) mass is 493 g/mol. The third-order valence-corrected chi connectivity index (χ3v) is 3.90. The number of benzene rings is 1. The van der Waals surface area contributed by atoms with Gasteiger partial charge in [0.15, 0.2) is 5.96 Å². The summed E-state index contributed by atoms with van der Waals surface area (Å²) >= 11 is 0. The average molecular weight is 493 g/mol. The van der Waals surface area contributed by atoms with Crippen LogP contribution in [0.3, 0.4) is 0 Å². The Bertz CT molecular complexity index is 709. The highest BCUT2D eigenvalue weighted by Crippen LogP contribution is 2.19. The zero-order valence-corrected chi connectivity index (χ0v) is 17.8. The Morgan fingerprint density at radius 2 is 2.04 bits per heavy atom. The summed E-state index contributed by atoms with van der Waals surface area (Å²) in [5, 5.41) is 6.33.